The second-order valence-corrected chi connectivity index (χ2v) is 8.20. The van der Waals surface area contributed by atoms with Crippen molar-refractivity contribution in [3.8, 4) is 6.07 Å². The number of pyridine rings is 1. The standard InChI is InChI=1S/C26H26FN7O/c1-3-26(35)32-24-14-21(34-12-10-33(2)11-13-34)8-9-22(24)31-25-15-23(18(16-28)17-29-25)30-20-6-4-19(27)5-7-20/h3-9,14-15,17H,1,10-13H2,2H3,(H,32,35)(H2,29,30,31). The Bertz CT molecular complexity index is 1260. The zero-order chi connectivity index (χ0) is 24.8. The van der Waals surface area contributed by atoms with E-state index in [9.17, 15) is 14.4 Å². The predicted octanol–water partition coefficient (Wildman–Crippen LogP) is 4.46. The average Bonchev–Trinajstić information content (AvgIpc) is 2.87. The Morgan fingerprint density at radius 3 is 2.49 bits per heavy atom. The Labute approximate surface area is 203 Å². The van der Waals surface area contributed by atoms with Gasteiger partial charge in [-0.3, -0.25) is 4.79 Å². The summed E-state index contributed by atoms with van der Waals surface area (Å²) in [6.45, 7) is 7.27. The molecular formula is C26H26FN7O. The van der Waals surface area contributed by atoms with Crippen LogP contribution in [0.25, 0.3) is 0 Å². The van der Waals surface area contributed by atoms with Crippen LogP contribution in [0.5, 0.6) is 0 Å². The summed E-state index contributed by atoms with van der Waals surface area (Å²) < 4.78 is 13.3. The average molecular weight is 472 g/mol. The van der Waals surface area contributed by atoms with Gasteiger partial charge in [-0.05, 0) is 55.6 Å². The number of piperazine rings is 1. The minimum Gasteiger partial charge on any atom is -0.369 e. The number of aromatic nitrogens is 1. The molecule has 1 aromatic heterocycles. The van der Waals surface area contributed by atoms with E-state index in [1.165, 1.54) is 24.4 Å². The molecule has 35 heavy (non-hydrogen) atoms. The van der Waals surface area contributed by atoms with Crippen LogP contribution in [0.1, 0.15) is 5.56 Å². The van der Waals surface area contributed by atoms with Gasteiger partial charge in [0, 0.05) is 49.8 Å². The molecule has 3 N–H and O–H groups in total. The van der Waals surface area contributed by atoms with Gasteiger partial charge in [-0.2, -0.15) is 5.26 Å². The van der Waals surface area contributed by atoms with E-state index in [0.29, 0.717) is 34.1 Å². The van der Waals surface area contributed by atoms with Gasteiger partial charge in [0.25, 0.3) is 0 Å². The lowest BCUT2D eigenvalue weighted by Crippen LogP contribution is -2.44. The summed E-state index contributed by atoms with van der Waals surface area (Å²) in [4.78, 5) is 21.0. The van der Waals surface area contributed by atoms with Crippen LogP contribution in [-0.2, 0) is 4.79 Å². The van der Waals surface area contributed by atoms with E-state index in [2.05, 4.69) is 50.4 Å². The number of halogens is 1. The van der Waals surface area contributed by atoms with E-state index in [-0.39, 0.29) is 11.7 Å². The number of nitrogens with one attached hydrogen (secondary N) is 3. The van der Waals surface area contributed by atoms with Crippen LogP contribution in [0.15, 0.2) is 67.4 Å². The first-order chi connectivity index (χ1) is 16.9. The highest BCUT2D eigenvalue weighted by Gasteiger charge is 2.17. The molecular weight excluding hydrogens is 445 g/mol. The Hall–Kier alpha value is -4.42. The van der Waals surface area contributed by atoms with E-state index >= 15 is 0 Å². The van der Waals surface area contributed by atoms with Crippen LogP contribution in [0.2, 0.25) is 0 Å². The van der Waals surface area contributed by atoms with Crippen LogP contribution in [-0.4, -0.2) is 49.0 Å². The first-order valence-electron chi connectivity index (χ1n) is 11.2. The molecule has 0 radical (unpaired) electrons. The number of rotatable bonds is 7. The molecule has 1 amide bonds. The van der Waals surface area contributed by atoms with E-state index < -0.39 is 0 Å². The quantitative estimate of drug-likeness (QED) is 0.438. The Kier molecular flexibility index (Phi) is 7.24. The molecule has 1 aliphatic rings. The van der Waals surface area contributed by atoms with E-state index in [1.54, 1.807) is 18.2 Å². The van der Waals surface area contributed by atoms with E-state index in [4.69, 9.17) is 0 Å². The SMILES string of the molecule is C=CC(=O)Nc1cc(N2CCN(C)CC2)ccc1Nc1cc(Nc2ccc(F)cc2)c(C#N)cn1. The van der Waals surface area contributed by atoms with Crippen molar-refractivity contribution in [2.24, 2.45) is 0 Å². The number of anilines is 6. The summed E-state index contributed by atoms with van der Waals surface area (Å²) in [6.07, 6.45) is 2.67. The monoisotopic (exact) mass is 471 g/mol. The molecule has 1 aliphatic heterocycles. The first kappa shape index (κ1) is 23.7. The van der Waals surface area contributed by atoms with Gasteiger partial charge in [0.2, 0.25) is 5.91 Å². The largest absolute Gasteiger partial charge is 0.369 e. The summed E-state index contributed by atoms with van der Waals surface area (Å²) in [5, 5.41) is 18.7. The molecule has 0 bridgehead atoms. The Morgan fingerprint density at radius 2 is 1.80 bits per heavy atom. The van der Waals surface area contributed by atoms with Crippen molar-refractivity contribution in [2.45, 2.75) is 0 Å². The molecule has 0 unspecified atom stereocenters. The molecule has 4 rings (SSSR count). The van der Waals surface area contributed by atoms with Crippen LogP contribution < -0.4 is 20.9 Å². The summed E-state index contributed by atoms with van der Waals surface area (Å²) in [6, 6.07) is 15.5. The minimum absolute atomic E-state index is 0.324. The molecule has 0 saturated carbocycles. The number of nitrogens with zero attached hydrogens (tertiary/aromatic N) is 4. The maximum atomic E-state index is 13.3. The van der Waals surface area contributed by atoms with Gasteiger partial charge in [0.1, 0.15) is 17.7 Å². The van der Waals surface area contributed by atoms with E-state index in [0.717, 1.165) is 31.9 Å². The highest BCUT2D eigenvalue weighted by molar-refractivity contribution is 6.02. The third kappa shape index (κ3) is 5.93. The van der Waals surface area contributed by atoms with Gasteiger partial charge in [-0.25, -0.2) is 9.37 Å². The molecule has 3 aromatic rings. The molecule has 0 atom stereocenters. The fraction of sp³-hybridized carbons (Fsp3) is 0.192. The number of carbonyl (C=O) groups is 1. The smallest absolute Gasteiger partial charge is 0.247 e. The Balaban J connectivity index is 1.61. The predicted molar refractivity (Wildman–Crippen MR) is 137 cm³/mol. The topological polar surface area (TPSA) is 96.3 Å². The van der Waals surface area contributed by atoms with Crippen molar-refractivity contribution in [3.63, 3.8) is 0 Å². The lowest BCUT2D eigenvalue weighted by Gasteiger charge is -2.34. The van der Waals surface area contributed by atoms with Gasteiger partial charge in [0.05, 0.1) is 22.6 Å². The van der Waals surface area contributed by atoms with Gasteiger partial charge in [-0.1, -0.05) is 6.58 Å². The summed E-state index contributed by atoms with van der Waals surface area (Å²) in [7, 11) is 2.10. The molecule has 8 nitrogen and oxygen atoms in total. The zero-order valence-corrected chi connectivity index (χ0v) is 19.4. The molecule has 178 valence electrons. The third-order valence-electron chi connectivity index (χ3n) is 5.73. The summed E-state index contributed by atoms with van der Waals surface area (Å²) >= 11 is 0. The highest BCUT2D eigenvalue weighted by atomic mass is 19.1. The summed E-state index contributed by atoms with van der Waals surface area (Å²) in [5.41, 5.74) is 3.73. The zero-order valence-electron chi connectivity index (χ0n) is 19.4. The molecule has 1 fully saturated rings. The number of likely N-dealkylation sites (N-methyl/N-ethyl adjacent to an activating group) is 1. The van der Waals surface area contributed by atoms with Crippen molar-refractivity contribution < 1.29 is 9.18 Å². The fourth-order valence-corrected chi connectivity index (χ4v) is 3.73. The normalized spacial score (nSPS) is 13.6. The highest BCUT2D eigenvalue weighted by Crippen LogP contribution is 2.32. The number of nitriles is 1. The van der Waals surface area contributed by atoms with E-state index in [1.807, 2.05) is 18.2 Å². The van der Waals surface area contributed by atoms with Crippen LogP contribution in [0.4, 0.5) is 38.6 Å². The first-order valence-corrected chi connectivity index (χ1v) is 11.2. The summed E-state index contributed by atoms with van der Waals surface area (Å²) in [5.74, 6) is -0.202. The molecule has 1 saturated heterocycles. The minimum atomic E-state index is -0.345. The number of amides is 1. The number of carbonyl (C=O) groups excluding carboxylic acids is 1. The fourth-order valence-electron chi connectivity index (χ4n) is 3.73. The lowest BCUT2D eigenvalue weighted by atomic mass is 10.2. The third-order valence-corrected chi connectivity index (χ3v) is 5.73. The molecule has 2 heterocycles. The number of hydrogen-bond donors (Lipinski definition) is 3. The Morgan fingerprint density at radius 1 is 1.06 bits per heavy atom. The van der Waals surface area contributed by atoms with Crippen molar-refractivity contribution in [1.82, 2.24) is 9.88 Å². The molecule has 0 aliphatic carbocycles. The van der Waals surface area contributed by atoms with Crippen molar-refractivity contribution in [3.05, 3.63) is 78.8 Å². The second kappa shape index (κ2) is 10.7. The van der Waals surface area contributed by atoms with Crippen molar-refractivity contribution in [1.29, 1.82) is 5.26 Å². The van der Waals surface area contributed by atoms with Crippen LogP contribution in [0.3, 0.4) is 0 Å². The van der Waals surface area contributed by atoms with Gasteiger partial charge in [-0.15, -0.1) is 0 Å². The van der Waals surface area contributed by atoms with Crippen molar-refractivity contribution in [2.75, 3.05) is 54.1 Å². The maximum absolute atomic E-state index is 13.3. The molecule has 9 heteroatoms. The number of hydrogen-bond acceptors (Lipinski definition) is 7. The number of benzene rings is 2. The molecule has 2 aromatic carbocycles. The maximum Gasteiger partial charge on any atom is 0.247 e. The molecule has 0 spiro atoms. The van der Waals surface area contributed by atoms with Crippen LogP contribution in [0, 0.1) is 17.1 Å². The van der Waals surface area contributed by atoms with Crippen molar-refractivity contribution >= 4 is 40.2 Å². The lowest BCUT2D eigenvalue weighted by molar-refractivity contribution is -0.111. The van der Waals surface area contributed by atoms with Gasteiger partial charge < -0.3 is 25.8 Å². The van der Waals surface area contributed by atoms with Gasteiger partial charge in [0.15, 0.2) is 0 Å². The van der Waals surface area contributed by atoms with Crippen LogP contribution >= 0.6 is 0 Å². The van der Waals surface area contributed by atoms with Gasteiger partial charge >= 0.3 is 0 Å². The second-order valence-electron chi connectivity index (χ2n) is 8.20.